The van der Waals surface area contributed by atoms with E-state index in [1.54, 1.807) is 20.8 Å². The first-order valence-electron chi connectivity index (χ1n) is 6.48. The minimum atomic E-state index is -4.52. The van der Waals surface area contributed by atoms with Gasteiger partial charge in [0.1, 0.15) is 0 Å². The van der Waals surface area contributed by atoms with Crippen LogP contribution < -0.4 is 5.32 Å². The number of anilines is 1. The smallest absolute Gasteiger partial charge is 0.309 e. The summed E-state index contributed by atoms with van der Waals surface area (Å²) in [6, 6.07) is 0. The molecule has 3 nitrogen and oxygen atoms in total. The van der Waals surface area contributed by atoms with Gasteiger partial charge in [-0.05, 0) is 12.5 Å². The topological polar surface area (TPSA) is 42.0 Å². The van der Waals surface area contributed by atoms with Crippen LogP contribution >= 0.6 is 11.6 Å². The Morgan fingerprint density at radius 1 is 1.24 bits per heavy atom. The molecule has 1 rings (SSSR count). The number of carbonyl (C=O) groups is 1. The summed E-state index contributed by atoms with van der Waals surface area (Å²) < 4.78 is 37.9. The molecule has 0 aromatic carbocycles. The molecule has 0 bridgehead atoms. The maximum absolute atomic E-state index is 12.6. The highest BCUT2D eigenvalue weighted by atomic mass is 35.5. The Hall–Kier alpha value is -1.30. The summed E-state index contributed by atoms with van der Waals surface area (Å²) in [4.78, 5) is 15.3. The maximum Gasteiger partial charge on any atom is 0.418 e. The second-order valence-corrected chi connectivity index (χ2v) is 5.54. The Labute approximate surface area is 127 Å². The summed E-state index contributed by atoms with van der Waals surface area (Å²) in [5.41, 5.74) is -1.76. The van der Waals surface area contributed by atoms with Crippen LogP contribution in [0, 0.1) is 12.3 Å². The molecule has 0 atom stereocenters. The van der Waals surface area contributed by atoms with Crippen molar-refractivity contribution >= 4 is 23.3 Å². The fraction of sp³-hybridized carbons (Fsp3) is 0.571. The number of rotatable bonds is 1. The van der Waals surface area contributed by atoms with Crippen molar-refractivity contribution in [2.45, 2.75) is 47.7 Å². The van der Waals surface area contributed by atoms with E-state index in [2.05, 4.69) is 10.3 Å². The monoisotopic (exact) mass is 324 g/mol. The Bertz CT molecular complexity index is 508. The summed E-state index contributed by atoms with van der Waals surface area (Å²) in [6.07, 6.45) is -3.85. The maximum atomic E-state index is 12.6. The second-order valence-electron chi connectivity index (χ2n) is 5.16. The molecule has 21 heavy (non-hydrogen) atoms. The lowest BCUT2D eigenvalue weighted by Crippen LogP contribution is -2.28. The third-order valence-electron chi connectivity index (χ3n) is 2.48. The van der Waals surface area contributed by atoms with Gasteiger partial charge in [-0.1, -0.05) is 46.2 Å². The van der Waals surface area contributed by atoms with Crippen molar-refractivity contribution in [2.75, 3.05) is 5.32 Å². The van der Waals surface area contributed by atoms with Gasteiger partial charge in [0.25, 0.3) is 0 Å². The van der Waals surface area contributed by atoms with E-state index in [0.717, 1.165) is 0 Å². The molecule has 1 aromatic heterocycles. The van der Waals surface area contributed by atoms with Gasteiger partial charge in [0, 0.05) is 11.6 Å². The Balaban J connectivity index is 0.00000191. The number of hydrogen-bond acceptors (Lipinski definition) is 2. The summed E-state index contributed by atoms with van der Waals surface area (Å²) in [5, 5.41) is 2.22. The third-order valence-corrected chi connectivity index (χ3v) is 2.94. The number of nitrogens with one attached hydrogen (secondary N) is 1. The molecule has 0 saturated heterocycles. The molecule has 0 spiro atoms. The van der Waals surface area contributed by atoms with Crippen molar-refractivity contribution < 1.29 is 18.0 Å². The average molecular weight is 325 g/mol. The molecular formula is C14H20ClF3N2O. The van der Waals surface area contributed by atoms with E-state index in [-0.39, 0.29) is 22.3 Å². The number of carbonyl (C=O) groups excluding carboxylic acids is 1. The number of halogens is 4. The zero-order valence-electron chi connectivity index (χ0n) is 12.9. The van der Waals surface area contributed by atoms with Crippen LogP contribution in [0.1, 0.15) is 45.7 Å². The molecule has 0 aliphatic heterocycles. The summed E-state index contributed by atoms with van der Waals surface area (Å²) in [5.74, 6) is -0.437. The highest BCUT2D eigenvalue weighted by molar-refractivity contribution is 6.34. The van der Waals surface area contributed by atoms with Crippen LogP contribution in [0.2, 0.25) is 5.02 Å². The molecule has 1 heterocycles. The van der Waals surface area contributed by atoms with Crippen LogP contribution in [0.4, 0.5) is 19.0 Å². The van der Waals surface area contributed by atoms with Crippen molar-refractivity contribution in [3.05, 3.63) is 22.3 Å². The zero-order valence-corrected chi connectivity index (χ0v) is 13.7. The summed E-state index contributed by atoms with van der Waals surface area (Å²) >= 11 is 5.82. The van der Waals surface area contributed by atoms with E-state index in [1.807, 2.05) is 13.8 Å². The SMILES string of the molecule is CC.Cc1c(C(F)(F)F)cnc(NC(=O)C(C)(C)C)c1Cl. The predicted octanol–water partition coefficient (Wildman–Crippen LogP) is 5.07. The molecule has 0 aliphatic rings. The van der Waals surface area contributed by atoms with Gasteiger partial charge in [-0.25, -0.2) is 4.98 Å². The Morgan fingerprint density at radius 2 is 1.71 bits per heavy atom. The lowest BCUT2D eigenvalue weighted by atomic mass is 9.96. The molecule has 120 valence electrons. The molecule has 1 amide bonds. The van der Waals surface area contributed by atoms with Crippen molar-refractivity contribution in [1.82, 2.24) is 4.98 Å². The molecule has 0 fully saturated rings. The highest BCUT2D eigenvalue weighted by Crippen LogP contribution is 2.36. The number of amides is 1. The Kier molecular flexibility index (Phi) is 6.67. The lowest BCUT2D eigenvalue weighted by Gasteiger charge is -2.19. The van der Waals surface area contributed by atoms with Crippen molar-refractivity contribution in [1.29, 1.82) is 0 Å². The summed E-state index contributed by atoms with van der Waals surface area (Å²) in [6.45, 7) is 10.3. The van der Waals surface area contributed by atoms with Gasteiger partial charge in [0.05, 0.1) is 10.6 Å². The molecule has 1 aromatic rings. The minimum Gasteiger partial charge on any atom is -0.309 e. The van der Waals surface area contributed by atoms with E-state index in [4.69, 9.17) is 11.6 Å². The quantitative estimate of drug-likeness (QED) is 0.783. The number of pyridine rings is 1. The highest BCUT2D eigenvalue weighted by Gasteiger charge is 2.34. The van der Waals surface area contributed by atoms with Gasteiger partial charge in [-0.2, -0.15) is 13.2 Å². The van der Waals surface area contributed by atoms with Crippen LogP contribution in [0.15, 0.2) is 6.20 Å². The van der Waals surface area contributed by atoms with Crippen LogP contribution in [0.25, 0.3) is 0 Å². The standard InChI is InChI=1S/C12H14ClF3N2O.C2H6/c1-6-7(12(14,15)16)5-17-9(8(6)13)18-10(19)11(2,3)4;1-2/h5H,1-4H3,(H,17,18,19);1-2H3. The van der Waals surface area contributed by atoms with Crippen LogP contribution in [-0.4, -0.2) is 10.9 Å². The number of alkyl halides is 3. The molecular weight excluding hydrogens is 305 g/mol. The molecule has 1 N–H and O–H groups in total. The molecule has 0 saturated carbocycles. The van der Waals surface area contributed by atoms with E-state index in [9.17, 15) is 18.0 Å². The van der Waals surface area contributed by atoms with E-state index < -0.39 is 17.2 Å². The average Bonchev–Trinajstić information content (AvgIpc) is 2.34. The number of nitrogens with zero attached hydrogens (tertiary/aromatic N) is 1. The third kappa shape index (κ3) is 5.19. The zero-order chi connectivity index (χ0) is 17.0. The fourth-order valence-electron chi connectivity index (χ4n) is 1.25. The Morgan fingerprint density at radius 3 is 2.10 bits per heavy atom. The predicted molar refractivity (Wildman–Crippen MR) is 78.4 cm³/mol. The second kappa shape index (κ2) is 7.11. The first-order chi connectivity index (χ1) is 9.44. The summed E-state index contributed by atoms with van der Waals surface area (Å²) in [7, 11) is 0. The van der Waals surface area contributed by atoms with Crippen molar-refractivity contribution in [2.24, 2.45) is 5.41 Å². The fourth-order valence-corrected chi connectivity index (χ4v) is 1.44. The molecule has 0 radical (unpaired) electrons. The molecule has 0 aliphatic carbocycles. The van der Waals surface area contributed by atoms with Gasteiger partial charge in [0.2, 0.25) is 5.91 Å². The normalized spacial score (nSPS) is 11.5. The van der Waals surface area contributed by atoms with Gasteiger partial charge >= 0.3 is 6.18 Å². The van der Waals surface area contributed by atoms with Gasteiger partial charge in [-0.3, -0.25) is 4.79 Å². The minimum absolute atomic E-state index is 0.0629. The molecule has 7 heteroatoms. The number of hydrogen-bond donors (Lipinski definition) is 1. The first kappa shape index (κ1) is 19.7. The van der Waals surface area contributed by atoms with Gasteiger partial charge in [-0.15, -0.1) is 0 Å². The van der Waals surface area contributed by atoms with E-state index in [1.165, 1.54) is 6.92 Å². The lowest BCUT2D eigenvalue weighted by molar-refractivity contribution is -0.138. The van der Waals surface area contributed by atoms with Crippen molar-refractivity contribution in [3.8, 4) is 0 Å². The number of aromatic nitrogens is 1. The largest absolute Gasteiger partial charge is 0.418 e. The van der Waals surface area contributed by atoms with E-state index in [0.29, 0.717) is 6.20 Å². The van der Waals surface area contributed by atoms with Crippen molar-refractivity contribution in [3.63, 3.8) is 0 Å². The van der Waals surface area contributed by atoms with E-state index >= 15 is 0 Å². The van der Waals surface area contributed by atoms with Gasteiger partial charge < -0.3 is 5.32 Å². The first-order valence-corrected chi connectivity index (χ1v) is 6.86. The van der Waals surface area contributed by atoms with Crippen LogP contribution in [0.3, 0.4) is 0 Å². The van der Waals surface area contributed by atoms with Crippen LogP contribution in [-0.2, 0) is 11.0 Å². The van der Waals surface area contributed by atoms with Gasteiger partial charge in [0.15, 0.2) is 5.82 Å². The van der Waals surface area contributed by atoms with Crippen LogP contribution in [0.5, 0.6) is 0 Å². The molecule has 0 unspecified atom stereocenters.